The van der Waals surface area contributed by atoms with Crippen LogP contribution in [0.5, 0.6) is 0 Å². The minimum atomic E-state index is -0.355. The maximum Gasteiger partial charge on any atom is 0.165 e. The van der Waals surface area contributed by atoms with Crippen molar-refractivity contribution in [2.24, 2.45) is 0 Å². The van der Waals surface area contributed by atoms with Crippen LogP contribution in [-0.2, 0) is 16.0 Å². The van der Waals surface area contributed by atoms with Crippen LogP contribution in [0.25, 0.3) is 0 Å². The standard InChI is InChI=1S/C12H14Cl2O2/c1-3-12(16-2)11(15)6-8-4-5-9(13)7-10(8)14/h4-5,7,12H,3,6H2,1-2H3. The molecule has 0 aromatic heterocycles. The fraction of sp³-hybridized carbons (Fsp3) is 0.417. The highest BCUT2D eigenvalue weighted by molar-refractivity contribution is 6.35. The molecular weight excluding hydrogens is 247 g/mol. The summed E-state index contributed by atoms with van der Waals surface area (Å²) in [6, 6.07) is 5.13. The zero-order valence-electron chi connectivity index (χ0n) is 9.30. The Kier molecular flexibility index (Phi) is 5.26. The number of benzene rings is 1. The second-order valence-electron chi connectivity index (χ2n) is 3.51. The fourth-order valence-corrected chi connectivity index (χ4v) is 1.97. The van der Waals surface area contributed by atoms with Crippen molar-refractivity contribution in [3.05, 3.63) is 33.8 Å². The molecule has 0 aliphatic heterocycles. The highest BCUT2D eigenvalue weighted by Gasteiger charge is 2.16. The van der Waals surface area contributed by atoms with Gasteiger partial charge in [0.15, 0.2) is 5.78 Å². The van der Waals surface area contributed by atoms with E-state index in [9.17, 15) is 4.79 Å². The van der Waals surface area contributed by atoms with Crippen molar-refractivity contribution in [1.82, 2.24) is 0 Å². The number of halogens is 2. The Morgan fingerprint density at radius 3 is 2.62 bits per heavy atom. The maximum atomic E-state index is 11.8. The molecular formula is C12H14Cl2O2. The number of ether oxygens (including phenoxy) is 1. The number of ketones is 1. The first-order chi connectivity index (χ1) is 7.58. The highest BCUT2D eigenvalue weighted by Crippen LogP contribution is 2.22. The minimum Gasteiger partial charge on any atom is -0.374 e. The summed E-state index contributed by atoms with van der Waals surface area (Å²) < 4.78 is 5.08. The molecule has 0 amide bonds. The molecule has 0 saturated carbocycles. The van der Waals surface area contributed by atoms with Gasteiger partial charge in [0.1, 0.15) is 6.10 Å². The molecule has 0 saturated heterocycles. The van der Waals surface area contributed by atoms with Crippen LogP contribution in [0.4, 0.5) is 0 Å². The highest BCUT2D eigenvalue weighted by atomic mass is 35.5. The summed E-state index contributed by atoms with van der Waals surface area (Å²) in [5.74, 6) is 0.0363. The lowest BCUT2D eigenvalue weighted by molar-refractivity contribution is -0.128. The lowest BCUT2D eigenvalue weighted by Gasteiger charge is -2.12. The molecule has 0 heterocycles. The number of Topliss-reactive ketones (excluding diaryl/α,β-unsaturated/α-hetero) is 1. The van der Waals surface area contributed by atoms with E-state index in [0.29, 0.717) is 16.5 Å². The lowest BCUT2D eigenvalue weighted by atomic mass is 10.0. The van der Waals surface area contributed by atoms with Gasteiger partial charge in [0.25, 0.3) is 0 Å². The third-order valence-electron chi connectivity index (χ3n) is 2.39. The Balaban J connectivity index is 2.76. The van der Waals surface area contributed by atoms with Gasteiger partial charge in [0.2, 0.25) is 0 Å². The first kappa shape index (κ1) is 13.5. The van der Waals surface area contributed by atoms with Crippen molar-refractivity contribution in [2.45, 2.75) is 25.9 Å². The first-order valence-corrected chi connectivity index (χ1v) is 5.83. The third-order valence-corrected chi connectivity index (χ3v) is 2.98. The molecule has 1 aromatic carbocycles. The van der Waals surface area contributed by atoms with Gasteiger partial charge >= 0.3 is 0 Å². The van der Waals surface area contributed by atoms with Crippen molar-refractivity contribution >= 4 is 29.0 Å². The Labute approximate surface area is 106 Å². The van der Waals surface area contributed by atoms with E-state index in [1.54, 1.807) is 18.2 Å². The summed E-state index contributed by atoms with van der Waals surface area (Å²) in [4.78, 5) is 11.8. The normalized spacial score (nSPS) is 12.5. The van der Waals surface area contributed by atoms with Gasteiger partial charge in [-0.15, -0.1) is 0 Å². The molecule has 2 nitrogen and oxygen atoms in total. The van der Waals surface area contributed by atoms with Crippen LogP contribution in [0.15, 0.2) is 18.2 Å². The molecule has 0 aliphatic rings. The van der Waals surface area contributed by atoms with Gasteiger partial charge < -0.3 is 4.74 Å². The second-order valence-corrected chi connectivity index (χ2v) is 4.36. The zero-order valence-corrected chi connectivity index (χ0v) is 10.8. The van der Waals surface area contributed by atoms with E-state index < -0.39 is 0 Å². The number of carbonyl (C=O) groups is 1. The van der Waals surface area contributed by atoms with E-state index in [1.165, 1.54) is 7.11 Å². The van der Waals surface area contributed by atoms with Crippen molar-refractivity contribution in [3.63, 3.8) is 0 Å². The minimum absolute atomic E-state index is 0.0363. The third kappa shape index (κ3) is 3.48. The molecule has 0 fully saturated rings. The number of hydrogen-bond donors (Lipinski definition) is 0. The SMILES string of the molecule is CCC(OC)C(=O)Cc1ccc(Cl)cc1Cl. The van der Waals surface area contributed by atoms with E-state index in [4.69, 9.17) is 27.9 Å². The Hall–Kier alpha value is -0.570. The second kappa shape index (κ2) is 6.24. The Morgan fingerprint density at radius 1 is 1.44 bits per heavy atom. The predicted molar refractivity (Wildman–Crippen MR) is 66.3 cm³/mol. The van der Waals surface area contributed by atoms with Crippen LogP contribution < -0.4 is 0 Å². The monoisotopic (exact) mass is 260 g/mol. The summed E-state index contributed by atoms with van der Waals surface area (Å²) in [5.41, 5.74) is 0.784. The molecule has 16 heavy (non-hydrogen) atoms. The molecule has 1 rings (SSSR count). The van der Waals surface area contributed by atoms with Crippen LogP contribution in [-0.4, -0.2) is 19.0 Å². The molecule has 4 heteroatoms. The molecule has 0 bridgehead atoms. The van der Waals surface area contributed by atoms with E-state index >= 15 is 0 Å². The molecule has 1 aromatic rings. The average molecular weight is 261 g/mol. The summed E-state index contributed by atoms with van der Waals surface area (Å²) in [5, 5.41) is 1.09. The molecule has 0 N–H and O–H groups in total. The summed E-state index contributed by atoms with van der Waals surface area (Å²) in [6.07, 6.45) is 0.592. The van der Waals surface area contributed by atoms with Crippen molar-refractivity contribution in [3.8, 4) is 0 Å². The van der Waals surface area contributed by atoms with Gasteiger partial charge in [-0.3, -0.25) is 4.79 Å². The quantitative estimate of drug-likeness (QED) is 0.810. The van der Waals surface area contributed by atoms with Gasteiger partial charge in [0, 0.05) is 23.6 Å². The first-order valence-electron chi connectivity index (χ1n) is 5.08. The van der Waals surface area contributed by atoms with Crippen LogP contribution in [0.3, 0.4) is 0 Å². The smallest absolute Gasteiger partial charge is 0.165 e. The van der Waals surface area contributed by atoms with Gasteiger partial charge in [-0.2, -0.15) is 0 Å². The number of methoxy groups -OCH3 is 1. The maximum absolute atomic E-state index is 11.8. The van der Waals surface area contributed by atoms with Crippen molar-refractivity contribution < 1.29 is 9.53 Å². The van der Waals surface area contributed by atoms with E-state index in [2.05, 4.69) is 0 Å². The van der Waals surface area contributed by atoms with E-state index in [-0.39, 0.29) is 18.3 Å². The van der Waals surface area contributed by atoms with Crippen molar-refractivity contribution in [2.75, 3.05) is 7.11 Å². The van der Waals surface area contributed by atoms with Crippen LogP contribution in [0.2, 0.25) is 10.0 Å². The van der Waals surface area contributed by atoms with Gasteiger partial charge in [-0.25, -0.2) is 0 Å². The summed E-state index contributed by atoms with van der Waals surface area (Å²) in [7, 11) is 1.54. The van der Waals surface area contributed by atoms with Crippen LogP contribution >= 0.6 is 23.2 Å². The van der Waals surface area contributed by atoms with Gasteiger partial charge in [-0.05, 0) is 24.1 Å². The lowest BCUT2D eigenvalue weighted by Crippen LogP contribution is -2.23. The summed E-state index contributed by atoms with van der Waals surface area (Å²) >= 11 is 11.8. The van der Waals surface area contributed by atoms with Crippen molar-refractivity contribution in [1.29, 1.82) is 0 Å². The number of hydrogen-bond acceptors (Lipinski definition) is 2. The number of carbonyl (C=O) groups excluding carboxylic acids is 1. The van der Waals surface area contributed by atoms with E-state index in [1.807, 2.05) is 6.92 Å². The Bertz CT molecular complexity index is 373. The Morgan fingerprint density at radius 2 is 2.12 bits per heavy atom. The van der Waals surface area contributed by atoms with Crippen LogP contribution in [0, 0.1) is 0 Å². The molecule has 1 unspecified atom stereocenters. The van der Waals surface area contributed by atoms with Gasteiger partial charge in [0.05, 0.1) is 0 Å². The molecule has 88 valence electrons. The predicted octanol–water partition coefficient (Wildman–Crippen LogP) is 3.53. The zero-order chi connectivity index (χ0) is 12.1. The molecule has 0 aliphatic carbocycles. The summed E-state index contributed by atoms with van der Waals surface area (Å²) in [6.45, 7) is 1.91. The number of rotatable bonds is 5. The molecule has 0 spiro atoms. The molecule has 1 atom stereocenters. The van der Waals surface area contributed by atoms with Gasteiger partial charge in [-0.1, -0.05) is 36.2 Å². The fourth-order valence-electron chi connectivity index (χ4n) is 1.49. The van der Waals surface area contributed by atoms with E-state index in [0.717, 1.165) is 5.56 Å². The largest absolute Gasteiger partial charge is 0.374 e. The topological polar surface area (TPSA) is 26.3 Å². The average Bonchev–Trinajstić information content (AvgIpc) is 2.24. The van der Waals surface area contributed by atoms with Crippen LogP contribution in [0.1, 0.15) is 18.9 Å². The molecule has 0 radical (unpaired) electrons.